The van der Waals surface area contributed by atoms with Crippen molar-refractivity contribution in [3.8, 4) is 11.1 Å². The third kappa shape index (κ3) is 6.39. The van der Waals surface area contributed by atoms with E-state index in [4.69, 9.17) is 0 Å². The summed E-state index contributed by atoms with van der Waals surface area (Å²) in [4.78, 5) is 0. The summed E-state index contributed by atoms with van der Waals surface area (Å²) in [5.41, 5.74) is 3.84. The Hall–Kier alpha value is -1.76. The molecule has 2 aromatic rings. The van der Waals surface area contributed by atoms with Gasteiger partial charge in [-0.2, -0.15) is 0 Å². The van der Waals surface area contributed by atoms with Crippen molar-refractivity contribution < 1.29 is 0 Å². The first-order valence-electron chi connectivity index (χ1n) is 9.75. The molecule has 0 spiro atoms. The first-order valence-corrected chi connectivity index (χ1v) is 9.75. The quantitative estimate of drug-likeness (QED) is 0.428. The molecule has 0 aliphatic rings. The largest absolute Gasteiger partial charge is 0.382 e. The van der Waals surface area contributed by atoms with Gasteiger partial charge in [0.2, 0.25) is 0 Å². The lowest BCUT2D eigenvalue weighted by atomic mass is 10.0. The smallest absolute Gasteiger partial charge is 0.0348 e. The maximum absolute atomic E-state index is 3.81. The van der Waals surface area contributed by atoms with Crippen molar-refractivity contribution in [2.75, 3.05) is 5.32 Å². The summed E-state index contributed by atoms with van der Waals surface area (Å²) in [6.07, 6.45) is 10.5. The van der Waals surface area contributed by atoms with Crippen molar-refractivity contribution in [3.63, 3.8) is 0 Å². The Balaban J connectivity index is 2.01. The molecule has 0 unspecified atom stereocenters. The Labute approximate surface area is 148 Å². The minimum atomic E-state index is 0.606. The van der Waals surface area contributed by atoms with Crippen LogP contribution < -0.4 is 5.32 Å². The summed E-state index contributed by atoms with van der Waals surface area (Å²) in [7, 11) is 0. The number of rotatable bonds is 11. The van der Waals surface area contributed by atoms with Gasteiger partial charge in [-0.15, -0.1) is 0 Å². The van der Waals surface area contributed by atoms with Gasteiger partial charge in [-0.1, -0.05) is 94.8 Å². The minimum Gasteiger partial charge on any atom is -0.382 e. The molecule has 0 aliphatic heterocycles. The van der Waals surface area contributed by atoms with Crippen molar-refractivity contribution in [3.05, 3.63) is 54.6 Å². The summed E-state index contributed by atoms with van der Waals surface area (Å²) < 4.78 is 0. The summed E-state index contributed by atoms with van der Waals surface area (Å²) in [5, 5.41) is 3.81. The number of nitrogens with one attached hydrogen (secondary N) is 1. The minimum absolute atomic E-state index is 0.606. The SMILES string of the molecule is CCCCCC(CCCCC)Nc1cccc(-c2ccccc2)c1. The third-order valence-electron chi connectivity index (χ3n) is 4.65. The topological polar surface area (TPSA) is 12.0 Å². The Kier molecular flexibility index (Phi) is 8.45. The fourth-order valence-electron chi connectivity index (χ4n) is 3.22. The molecule has 0 saturated carbocycles. The van der Waals surface area contributed by atoms with E-state index in [0.29, 0.717) is 6.04 Å². The van der Waals surface area contributed by atoms with Gasteiger partial charge in [0.25, 0.3) is 0 Å². The molecule has 1 heteroatoms. The van der Waals surface area contributed by atoms with E-state index in [1.54, 1.807) is 0 Å². The first kappa shape index (κ1) is 18.6. The van der Waals surface area contributed by atoms with Crippen molar-refractivity contribution >= 4 is 5.69 Å². The number of hydrogen-bond acceptors (Lipinski definition) is 1. The average molecular weight is 324 g/mol. The van der Waals surface area contributed by atoms with Gasteiger partial charge >= 0.3 is 0 Å². The van der Waals surface area contributed by atoms with Gasteiger partial charge in [-0.3, -0.25) is 0 Å². The second-order valence-electron chi connectivity index (χ2n) is 6.78. The third-order valence-corrected chi connectivity index (χ3v) is 4.65. The predicted octanol–water partition coefficient (Wildman–Crippen LogP) is 7.29. The van der Waals surface area contributed by atoms with Gasteiger partial charge in [0.05, 0.1) is 0 Å². The van der Waals surface area contributed by atoms with Gasteiger partial charge in [-0.05, 0) is 36.1 Å². The number of anilines is 1. The summed E-state index contributed by atoms with van der Waals surface area (Å²) in [6, 6.07) is 20.1. The van der Waals surface area contributed by atoms with Crippen LogP contribution in [0.2, 0.25) is 0 Å². The van der Waals surface area contributed by atoms with Crippen molar-refractivity contribution in [2.24, 2.45) is 0 Å². The Bertz CT molecular complexity index is 551. The summed E-state index contributed by atoms with van der Waals surface area (Å²) in [5.74, 6) is 0. The standard InChI is InChI=1S/C23H33N/c1-3-5-8-16-22(17-9-6-4-2)24-23-18-12-15-21(19-23)20-13-10-7-11-14-20/h7,10-15,18-19,22,24H,3-6,8-9,16-17H2,1-2H3. The highest BCUT2D eigenvalue weighted by Crippen LogP contribution is 2.24. The van der Waals surface area contributed by atoms with Gasteiger partial charge in [0, 0.05) is 11.7 Å². The number of hydrogen-bond donors (Lipinski definition) is 1. The zero-order chi connectivity index (χ0) is 17.0. The van der Waals surface area contributed by atoms with Crippen LogP contribution in [0.15, 0.2) is 54.6 Å². The number of unbranched alkanes of at least 4 members (excludes halogenated alkanes) is 4. The lowest BCUT2D eigenvalue weighted by Gasteiger charge is -2.20. The van der Waals surface area contributed by atoms with E-state index < -0.39 is 0 Å². The van der Waals surface area contributed by atoms with Crippen LogP contribution in [0.1, 0.15) is 65.2 Å². The van der Waals surface area contributed by atoms with Crippen molar-refractivity contribution in [2.45, 2.75) is 71.3 Å². The van der Waals surface area contributed by atoms with Crippen molar-refractivity contribution in [1.82, 2.24) is 0 Å². The van der Waals surface area contributed by atoms with E-state index in [2.05, 4.69) is 73.8 Å². The fraction of sp³-hybridized carbons (Fsp3) is 0.478. The molecule has 24 heavy (non-hydrogen) atoms. The lowest BCUT2D eigenvalue weighted by Crippen LogP contribution is -2.19. The van der Waals surface area contributed by atoms with Gasteiger partial charge in [0.1, 0.15) is 0 Å². The van der Waals surface area contributed by atoms with Crippen LogP contribution >= 0.6 is 0 Å². The average Bonchev–Trinajstić information content (AvgIpc) is 2.63. The molecule has 0 fully saturated rings. The van der Waals surface area contributed by atoms with Crippen LogP contribution in [0, 0.1) is 0 Å². The zero-order valence-electron chi connectivity index (χ0n) is 15.4. The molecule has 2 aromatic carbocycles. The van der Waals surface area contributed by atoms with E-state index in [1.165, 1.54) is 68.2 Å². The second-order valence-corrected chi connectivity index (χ2v) is 6.78. The molecular formula is C23H33N. The molecule has 1 N–H and O–H groups in total. The van der Waals surface area contributed by atoms with E-state index in [9.17, 15) is 0 Å². The fourth-order valence-corrected chi connectivity index (χ4v) is 3.22. The van der Waals surface area contributed by atoms with E-state index in [-0.39, 0.29) is 0 Å². The molecule has 0 atom stereocenters. The highest BCUT2D eigenvalue weighted by molar-refractivity contribution is 5.68. The monoisotopic (exact) mass is 323 g/mol. The molecule has 2 rings (SSSR count). The van der Waals surface area contributed by atoms with Gasteiger partial charge in [0.15, 0.2) is 0 Å². The molecule has 130 valence electrons. The van der Waals surface area contributed by atoms with Crippen LogP contribution in [0.4, 0.5) is 5.69 Å². The highest BCUT2D eigenvalue weighted by Gasteiger charge is 2.09. The Morgan fingerprint density at radius 2 is 1.33 bits per heavy atom. The van der Waals surface area contributed by atoms with Crippen LogP contribution in [0.25, 0.3) is 11.1 Å². The van der Waals surface area contributed by atoms with E-state index in [1.807, 2.05) is 0 Å². The second kappa shape index (κ2) is 10.9. The lowest BCUT2D eigenvalue weighted by molar-refractivity contribution is 0.526. The van der Waals surface area contributed by atoms with Crippen LogP contribution in [-0.4, -0.2) is 6.04 Å². The molecule has 0 amide bonds. The Morgan fingerprint density at radius 3 is 1.96 bits per heavy atom. The molecule has 0 bridgehead atoms. The predicted molar refractivity (Wildman–Crippen MR) is 108 cm³/mol. The molecular weight excluding hydrogens is 290 g/mol. The van der Waals surface area contributed by atoms with E-state index >= 15 is 0 Å². The maximum Gasteiger partial charge on any atom is 0.0348 e. The molecule has 0 heterocycles. The van der Waals surface area contributed by atoms with E-state index in [0.717, 1.165) is 0 Å². The Morgan fingerprint density at radius 1 is 0.708 bits per heavy atom. The van der Waals surface area contributed by atoms with Crippen LogP contribution in [0.3, 0.4) is 0 Å². The zero-order valence-corrected chi connectivity index (χ0v) is 15.4. The highest BCUT2D eigenvalue weighted by atomic mass is 14.9. The van der Waals surface area contributed by atoms with Crippen molar-refractivity contribution in [1.29, 1.82) is 0 Å². The molecule has 0 aliphatic carbocycles. The molecule has 0 radical (unpaired) electrons. The van der Waals surface area contributed by atoms with Crippen LogP contribution in [0.5, 0.6) is 0 Å². The molecule has 0 saturated heterocycles. The first-order chi connectivity index (χ1) is 11.8. The van der Waals surface area contributed by atoms with Gasteiger partial charge in [-0.25, -0.2) is 0 Å². The maximum atomic E-state index is 3.81. The normalized spacial score (nSPS) is 11.0. The molecule has 1 nitrogen and oxygen atoms in total. The molecule has 0 aromatic heterocycles. The van der Waals surface area contributed by atoms with Crippen LogP contribution in [-0.2, 0) is 0 Å². The summed E-state index contributed by atoms with van der Waals surface area (Å²) in [6.45, 7) is 4.56. The number of benzene rings is 2. The van der Waals surface area contributed by atoms with Gasteiger partial charge < -0.3 is 5.32 Å². The summed E-state index contributed by atoms with van der Waals surface area (Å²) >= 11 is 0.